The molecule has 0 saturated heterocycles. The predicted molar refractivity (Wildman–Crippen MR) is 46.0 cm³/mol. The fourth-order valence-electron chi connectivity index (χ4n) is 1.34. The molecule has 1 aliphatic rings. The van der Waals surface area contributed by atoms with Crippen molar-refractivity contribution in [3.05, 3.63) is 39.4 Å². The normalized spacial score (nSPS) is 13.9. The first-order valence-corrected chi connectivity index (χ1v) is 3.88. The lowest BCUT2D eigenvalue weighted by Crippen LogP contribution is -2.07. The van der Waals surface area contributed by atoms with E-state index in [1.807, 2.05) is 0 Å². The second-order valence-electron chi connectivity index (χ2n) is 2.77. The number of nitro benzene ring substituents is 1. The molecule has 0 radical (unpaired) electrons. The van der Waals surface area contributed by atoms with Crippen molar-refractivity contribution in [1.82, 2.24) is 0 Å². The topological polar surface area (TPSA) is 84.9 Å². The molecule has 1 aliphatic heterocycles. The van der Waals surface area contributed by atoms with E-state index in [1.165, 1.54) is 18.2 Å². The van der Waals surface area contributed by atoms with Gasteiger partial charge in [-0.25, -0.2) is 0 Å². The van der Waals surface area contributed by atoms with Crippen LogP contribution in [0.5, 0.6) is 0 Å². The van der Waals surface area contributed by atoms with Crippen LogP contribution in [-0.2, 0) is 6.54 Å². The summed E-state index contributed by atoms with van der Waals surface area (Å²) in [6, 6.07) is 4.34. The van der Waals surface area contributed by atoms with Crippen LogP contribution in [0.2, 0.25) is 0 Å². The second-order valence-corrected chi connectivity index (χ2v) is 2.77. The van der Waals surface area contributed by atoms with E-state index < -0.39 is 10.8 Å². The Hall–Kier alpha value is -2.11. The molecule has 0 spiro atoms. The van der Waals surface area contributed by atoms with Gasteiger partial charge in [0.15, 0.2) is 0 Å². The van der Waals surface area contributed by atoms with Gasteiger partial charge in [-0.2, -0.15) is 5.11 Å². The zero-order chi connectivity index (χ0) is 10.1. The molecule has 0 N–H and O–H groups in total. The zero-order valence-corrected chi connectivity index (χ0v) is 7.01. The molecule has 2 rings (SSSR count). The first-order valence-electron chi connectivity index (χ1n) is 3.88. The Balaban J connectivity index is 2.64. The van der Waals surface area contributed by atoms with Crippen LogP contribution in [0.3, 0.4) is 0 Å². The fraction of sp³-hybridized carbons (Fsp3) is 0.125. The van der Waals surface area contributed by atoms with Gasteiger partial charge in [-0.1, -0.05) is 6.07 Å². The number of azo groups is 1. The van der Waals surface area contributed by atoms with Gasteiger partial charge < -0.3 is 0 Å². The van der Waals surface area contributed by atoms with Crippen molar-refractivity contribution in [2.75, 3.05) is 0 Å². The van der Waals surface area contributed by atoms with E-state index in [9.17, 15) is 14.9 Å². The quantitative estimate of drug-likeness (QED) is 0.500. The van der Waals surface area contributed by atoms with E-state index in [1.54, 1.807) is 0 Å². The van der Waals surface area contributed by atoms with E-state index in [2.05, 4.69) is 10.2 Å². The Bertz CT molecular complexity index is 453. The van der Waals surface area contributed by atoms with Crippen molar-refractivity contribution in [3.63, 3.8) is 0 Å². The van der Waals surface area contributed by atoms with Crippen LogP contribution in [0.15, 0.2) is 28.4 Å². The molecule has 1 heterocycles. The Morgan fingerprint density at radius 1 is 1.43 bits per heavy atom. The SMILES string of the molecule is O=C1N=NCc2c1cccc2[N+](=O)[O-]. The molecule has 0 bridgehead atoms. The number of nitro groups is 1. The summed E-state index contributed by atoms with van der Waals surface area (Å²) < 4.78 is 0. The van der Waals surface area contributed by atoms with E-state index in [-0.39, 0.29) is 17.8 Å². The number of carbonyl (C=O) groups is 1. The highest BCUT2D eigenvalue weighted by molar-refractivity contribution is 5.97. The van der Waals surface area contributed by atoms with Crippen LogP contribution in [0.25, 0.3) is 0 Å². The third-order valence-electron chi connectivity index (χ3n) is 1.97. The maximum absolute atomic E-state index is 11.2. The minimum absolute atomic E-state index is 0.0745. The van der Waals surface area contributed by atoms with Gasteiger partial charge in [0.2, 0.25) is 0 Å². The first-order chi connectivity index (χ1) is 6.70. The molecule has 0 saturated carbocycles. The summed E-state index contributed by atoms with van der Waals surface area (Å²) in [6.45, 7) is 0.0955. The minimum atomic E-state index is -0.521. The molecule has 70 valence electrons. The van der Waals surface area contributed by atoms with Crippen LogP contribution < -0.4 is 0 Å². The van der Waals surface area contributed by atoms with Gasteiger partial charge in [0.05, 0.1) is 22.6 Å². The second kappa shape index (κ2) is 2.99. The van der Waals surface area contributed by atoms with Gasteiger partial charge in [-0.15, -0.1) is 5.11 Å². The molecular formula is C8H5N3O3. The summed E-state index contributed by atoms with van der Waals surface area (Å²) in [7, 11) is 0. The van der Waals surface area contributed by atoms with E-state index in [0.717, 1.165) is 0 Å². The van der Waals surface area contributed by atoms with Crippen molar-refractivity contribution >= 4 is 11.6 Å². The number of nitrogens with zero attached hydrogens (tertiary/aromatic N) is 3. The van der Waals surface area contributed by atoms with Crippen LogP contribution in [0.1, 0.15) is 15.9 Å². The van der Waals surface area contributed by atoms with Gasteiger partial charge in [0, 0.05) is 6.07 Å². The molecule has 0 aromatic heterocycles. The summed E-state index contributed by atoms with van der Waals surface area (Å²) in [5.41, 5.74) is 0.543. The summed E-state index contributed by atoms with van der Waals surface area (Å²) >= 11 is 0. The van der Waals surface area contributed by atoms with Crippen molar-refractivity contribution in [2.45, 2.75) is 6.54 Å². The largest absolute Gasteiger partial charge is 0.295 e. The lowest BCUT2D eigenvalue weighted by Gasteiger charge is -2.07. The number of amides is 1. The van der Waals surface area contributed by atoms with Gasteiger partial charge in [-0.05, 0) is 6.07 Å². The highest BCUT2D eigenvalue weighted by Gasteiger charge is 2.23. The zero-order valence-electron chi connectivity index (χ0n) is 7.01. The average molecular weight is 191 g/mol. The number of rotatable bonds is 1. The highest BCUT2D eigenvalue weighted by atomic mass is 16.6. The van der Waals surface area contributed by atoms with Gasteiger partial charge in [0.1, 0.15) is 0 Å². The van der Waals surface area contributed by atoms with Gasteiger partial charge in [0.25, 0.3) is 11.6 Å². The third kappa shape index (κ3) is 1.17. The summed E-state index contributed by atoms with van der Waals surface area (Å²) in [6.07, 6.45) is 0. The Morgan fingerprint density at radius 3 is 2.93 bits per heavy atom. The number of benzene rings is 1. The molecule has 0 fully saturated rings. The molecule has 0 aliphatic carbocycles. The molecule has 6 heteroatoms. The van der Waals surface area contributed by atoms with E-state index in [4.69, 9.17) is 0 Å². The Kier molecular flexibility index (Phi) is 1.81. The average Bonchev–Trinajstić information content (AvgIpc) is 2.17. The minimum Gasteiger partial charge on any atom is -0.265 e. The van der Waals surface area contributed by atoms with Gasteiger partial charge in [-0.3, -0.25) is 14.9 Å². The molecule has 0 atom stereocenters. The molecule has 6 nitrogen and oxygen atoms in total. The maximum Gasteiger partial charge on any atom is 0.295 e. The number of carbonyl (C=O) groups excluding carboxylic acids is 1. The number of hydrogen-bond acceptors (Lipinski definition) is 4. The van der Waals surface area contributed by atoms with Crippen molar-refractivity contribution in [3.8, 4) is 0 Å². The van der Waals surface area contributed by atoms with Crippen LogP contribution in [0.4, 0.5) is 5.69 Å². The lowest BCUT2D eigenvalue weighted by atomic mass is 10.0. The predicted octanol–water partition coefficient (Wildman–Crippen LogP) is 1.70. The standard InChI is InChI=1S/C8H5N3O3/c12-8-5-2-1-3-7(11(13)14)6(5)4-9-10-8/h1-3H,4H2. The van der Waals surface area contributed by atoms with Crippen LogP contribution in [-0.4, -0.2) is 10.8 Å². The first kappa shape index (κ1) is 8.49. The Morgan fingerprint density at radius 2 is 2.21 bits per heavy atom. The Labute approximate surface area is 78.4 Å². The van der Waals surface area contributed by atoms with E-state index in [0.29, 0.717) is 5.56 Å². The molecule has 1 aromatic rings. The fourth-order valence-corrected chi connectivity index (χ4v) is 1.34. The summed E-state index contributed by atoms with van der Waals surface area (Å²) in [5.74, 6) is -0.519. The van der Waals surface area contributed by atoms with Gasteiger partial charge >= 0.3 is 0 Å². The summed E-state index contributed by atoms with van der Waals surface area (Å²) in [4.78, 5) is 21.3. The van der Waals surface area contributed by atoms with E-state index >= 15 is 0 Å². The molecule has 14 heavy (non-hydrogen) atoms. The highest BCUT2D eigenvalue weighted by Crippen LogP contribution is 2.26. The smallest absolute Gasteiger partial charge is 0.265 e. The summed E-state index contributed by atoms with van der Waals surface area (Å²) in [5, 5.41) is 17.5. The van der Waals surface area contributed by atoms with Crippen LogP contribution in [0, 0.1) is 10.1 Å². The third-order valence-corrected chi connectivity index (χ3v) is 1.97. The number of fused-ring (bicyclic) bond motifs is 1. The molecule has 0 unspecified atom stereocenters. The lowest BCUT2D eigenvalue weighted by molar-refractivity contribution is -0.385. The number of hydrogen-bond donors (Lipinski definition) is 0. The van der Waals surface area contributed by atoms with Crippen molar-refractivity contribution < 1.29 is 9.72 Å². The molecule has 1 aromatic carbocycles. The van der Waals surface area contributed by atoms with Crippen molar-refractivity contribution in [1.29, 1.82) is 0 Å². The van der Waals surface area contributed by atoms with Crippen molar-refractivity contribution in [2.24, 2.45) is 10.2 Å². The molecule has 1 amide bonds. The molecular weight excluding hydrogens is 186 g/mol. The maximum atomic E-state index is 11.2. The van der Waals surface area contributed by atoms with Crippen LogP contribution >= 0.6 is 0 Å². The monoisotopic (exact) mass is 191 g/mol.